The van der Waals surface area contributed by atoms with E-state index in [0.717, 1.165) is 67.8 Å². The molecule has 6 rings (SSSR count). The first-order valence-electron chi connectivity index (χ1n) is 13.8. The summed E-state index contributed by atoms with van der Waals surface area (Å²) < 4.78 is 11.8. The van der Waals surface area contributed by atoms with Gasteiger partial charge in [0, 0.05) is 48.2 Å². The highest BCUT2D eigenvalue weighted by Crippen LogP contribution is 2.52. The predicted octanol–water partition coefficient (Wildman–Crippen LogP) is 4.49. The van der Waals surface area contributed by atoms with Crippen LogP contribution >= 0.6 is 0 Å². The number of benzene rings is 1. The number of rotatable bonds is 6. The third-order valence-electron chi connectivity index (χ3n) is 8.12. The van der Waals surface area contributed by atoms with Crippen molar-refractivity contribution in [1.82, 2.24) is 19.9 Å². The Morgan fingerprint density at radius 3 is 2.54 bits per heavy atom. The number of ether oxygens (including phenoxy) is 2. The van der Waals surface area contributed by atoms with Gasteiger partial charge in [-0.1, -0.05) is 13.0 Å². The summed E-state index contributed by atoms with van der Waals surface area (Å²) in [6, 6.07) is 14.9. The number of hydrogen-bond acceptors (Lipinski definition) is 9. The van der Waals surface area contributed by atoms with Crippen molar-refractivity contribution < 1.29 is 9.47 Å². The number of anilines is 5. The topological polar surface area (TPSA) is 78.9 Å². The van der Waals surface area contributed by atoms with Crippen LogP contribution in [0.3, 0.4) is 0 Å². The summed E-state index contributed by atoms with van der Waals surface area (Å²) in [7, 11) is 4.13. The second kappa shape index (κ2) is 10.0. The average Bonchev–Trinajstić information content (AvgIpc) is 3.16. The fourth-order valence-electron chi connectivity index (χ4n) is 5.98. The molecular weight excluding hydrogens is 490 g/mol. The number of fused-ring (bicyclic) bond motifs is 3. The van der Waals surface area contributed by atoms with E-state index in [9.17, 15) is 0 Å². The molecule has 206 valence electrons. The van der Waals surface area contributed by atoms with Gasteiger partial charge < -0.3 is 29.5 Å². The number of morpholine rings is 1. The fraction of sp³-hybridized carbons (Fsp3) is 0.500. The first kappa shape index (κ1) is 26.0. The Bertz CT molecular complexity index is 1320. The third kappa shape index (κ3) is 5.06. The molecule has 3 aliphatic heterocycles. The van der Waals surface area contributed by atoms with Crippen LogP contribution in [0.15, 0.2) is 48.7 Å². The molecule has 39 heavy (non-hydrogen) atoms. The number of pyridine rings is 1. The molecule has 2 aromatic heterocycles. The zero-order valence-corrected chi connectivity index (χ0v) is 23.6. The molecule has 2 atom stereocenters. The minimum Gasteiger partial charge on any atom is -0.378 e. The van der Waals surface area contributed by atoms with Crippen molar-refractivity contribution in [3.63, 3.8) is 0 Å². The number of nitrogens with zero attached hydrogens (tertiary/aromatic N) is 6. The van der Waals surface area contributed by atoms with Gasteiger partial charge in [-0.3, -0.25) is 0 Å². The van der Waals surface area contributed by atoms with Crippen molar-refractivity contribution in [2.24, 2.45) is 0 Å². The van der Waals surface area contributed by atoms with E-state index in [1.165, 1.54) is 5.69 Å². The van der Waals surface area contributed by atoms with Gasteiger partial charge in [-0.2, -0.15) is 4.98 Å². The maximum atomic E-state index is 6.35. The van der Waals surface area contributed by atoms with Crippen LogP contribution < -0.4 is 15.1 Å². The molecule has 1 N–H and O–H groups in total. The van der Waals surface area contributed by atoms with Crippen LogP contribution in [0, 0.1) is 0 Å². The summed E-state index contributed by atoms with van der Waals surface area (Å²) in [5.41, 5.74) is 3.83. The van der Waals surface area contributed by atoms with Gasteiger partial charge in [0.15, 0.2) is 0 Å². The Kier molecular flexibility index (Phi) is 6.69. The third-order valence-corrected chi connectivity index (χ3v) is 8.12. The molecule has 0 spiro atoms. The summed E-state index contributed by atoms with van der Waals surface area (Å²) in [4.78, 5) is 21.7. The normalized spacial score (nSPS) is 24.0. The Morgan fingerprint density at radius 2 is 1.79 bits per heavy atom. The molecule has 2 saturated heterocycles. The fourth-order valence-corrected chi connectivity index (χ4v) is 5.98. The van der Waals surface area contributed by atoms with Gasteiger partial charge in [-0.25, -0.2) is 9.97 Å². The smallest absolute Gasteiger partial charge is 0.229 e. The van der Waals surface area contributed by atoms with Gasteiger partial charge in [0.25, 0.3) is 0 Å². The number of aromatic nitrogens is 3. The van der Waals surface area contributed by atoms with Crippen LogP contribution in [-0.4, -0.2) is 78.5 Å². The van der Waals surface area contributed by atoms with E-state index in [4.69, 9.17) is 24.4 Å². The summed E-state index contributed by atoms with van der Waals surface area (Å²) >= 11 is 0. The highest BCUT2D eigenvalue weighted by molar-refractivity contribution is 5.71. The summed E-state index contributed by atoms with van der Waals surface area (Å²) in [5, 5.41) is 3.43. The van der Waals surface area contributed by atoms with E-state index in [1.54, 1.807) is 0 Å². The molecule has 5 heterocycles. The van der Waals surface area contributed by atoms with Crippen LogP contribution in [0.5, 0.6) is 0 Å². The Morgan fingerprint density at radius 1 is 1.03 bits per heavy atom. The standard InChI is InChI=1S/C30H39N7O2/c1-29(2)17-25-30(3,20-39-29)24-18-31-28(33-21-9-11-23(12-10-21)36-13-15-38-16-14-36)34-27(24)37(25)26-8-6-7-22(32-26)19-35(4)5/h6-12,18,25H,13-17,19-20H2,1-5H3,(H,31,33,34)/t25-,30-/m0/s1. The van der Waals surface area contributed by atoms with Gasteiger partial charge in [0.2, 0.25) is 5.95 Å². The number of nitrogens with one attached hydrogen (secondary N) is 1. The zero-order chi connectivity index (χ0) is 27.2. The molecule has 0 radical (unpaired) electrons. The second-order valence-corrected chi connectivity index (χ2v) is 12.0. The molecule has 0 amide bonds. The highest BCUT2D eigenvalue weighted by Gasteiger charge is 2.55. The molecule has 0 saturated carbocycles. The minimum atomic E-state index is -0.234. The van der Waals surface area contributed by atoms with Crippen LogP contribution in [0.2, 0.25) is 0 Å². The molecule has 0 bridgehead atoms. The van der Waals surface area contributed by atoms with Crippen molar-refractivity contribution in [2.75, 3.05) is 62.1 Å². The highest BCUT2D eigenvalue weighted by atomic mass is 16.5. The molecule has 1 aromatic carbocycles. The Hall–Kier alpha value is -3.27. The van der Waals surface area contributed by atoms with Crippen LogP contribution in [0.4, 0.5) is 29.0 Å². The SMILES string of the molecule is CN(C)Cc1cccc(N2c3nc(Nc4ccc(N5CCOCC5)cc4)ncc3[C@]3(C)COC(C)(C)C[C@H]23)n1. The van der Waals surface area contributed by atoms with Gasteiger partial charge in [-0.15, -0.1) is 0 Å². The van der Waals surface area contributed by atoms with Crippen molar-refractivity contribution in [1.29, 1.82) is 0 Å². The molecular formula is C30H39N7O2. The zero-order valence-electron chi connectivity index (χ0n) is 23.6. The lowest BCUT2D eigenvalue weighted by molar-refractivity contribution is -0.0893. The van der Waals surface area contributed by atoms with Crippen LogP contribution in [-0.2, 0) is 21.4 Å². The summed E-state index contributed by atoms with van der Waals surface area (Å²) in [6.07, 6.45) is 2.84. The van der Waals surface area contributed by atoms with E-state index < -0.39 is 0 Å². The lowest BCUT2D eigenvalue weighted by atomic mass is 9.73. The quantitative estimate of drug-likeness (QED) is 0.497. The predicted molar refractivity (Wildman–Crippen MR) is 154 cm³/mol. The Labute approximate surface area is 231 Å². The van der Waals surface area contributed by atoms with Gasteiger partial charge in [0.05, 0.1) is 37.2 Å². The summed E-state index contributed by atoms with van der Waals surface area (Å²) in [5.74, 6) is 2.40. The first-order valence-corrected chi connectivity index (χ1v) is 13.8. The van der Waals surface area contributed by atoms with Gasteiger partial charge in [-0.05, 0) is 70.8 Å². The van der Waals surface area contributed by atoms with Gasteiger partial charge >= 0.3 is 0 Å². The van der Waals surface area contributed by atoms with E-state index >= 15 is 0 Å². The molecule has 9 nitrogen and oxygen atoms in total. The maximum absolute atomic E-state index is 6.35. The van der Waals surface area contributed by atoms with E-state index in [0.29, 0.717) is 12.6 Å². The van der Waals surface area contributed by atoms with Gasteiger partial charge in [0.1, 0.15) is 11.6 Å². The van der Waals surface area contributed by atoms with Crippen molar-refractivity contribution in [3.05, 3.63) is 59.9 Å². The van der Waals surface area contributed by atoms with Crippen molar-refractivity contribution in [2.45, 2.75) is 50.8 Å². The minimum absolute atomic E-state index is 0.163. The molecule has 9 heteroatoms. The summed E-state index contributed by atoms with van der Waals surface area (Å²) in [6.45, 7) is 11.4. The van der Waals surface area contributed by atoms with Crippen molar-refractivity contribution in [3.8, 4) is 0 Å². The van der Waals surface area contributed by atoms with Crippen LogP contribution in [0.25, 0.3) is 0 Å². The lowest BCUT2D eigenvalue weighted by Gasteiger charge is -2.46. The monoisotopic (exact) mass is 529 g/mol. The van der Waals surface area contributed by atoms with E-state index in [1.807, 2.05) is 6.20 Å². The molecule has 3 aromatic rings. The largest absolute Gasteiger partial charge is 0.378 e. The second-order valence-electron chi connectivity index (χ2n) is 12.0. The van der Waals surface area contributed by atoms with E-state index in [2.05, 4.69) is 97.3 Å². The first-order chi connectivity index (χ1) is 18.7. The van der Waals surface area contributed by atoms with Crippen LogP contribution in [0.1, 0.15) is 38.4 Å². The molecule has 0 aliphatic carbocycles. The average molecular weight is 530 g/mol. The molecule has 0 unspecified atom stereocenters. The maximum Gasteiger partial charge on any atom is 0.229 e. The lowest BCUT2D eigenvalue weighted by Crippen LogP contribution is -2.54. The van der Waals surface area contributed by atoms with E-state index in [-0.39, 0.29) is 17.1 Å². The Balaban J connectivity index is 1.33. The molecule has 2 fully saturated rings. The number of hydrogen-bond donors (Lipinski definition) is 1. The van der Waals surface area contributed by atoms with Crippen molar-refractivity contribution >= 4 is 29.0 Å². The molecule has 3 aliphatic rings.